The molecule has 0 amide bonds. The van der Waals surface area contributed by atoms with Crippen molar-refractivity contribution in [2.24, 2.45) is 0 Å². The Morgan fingerprint density at radius 2 is 0.907 bits per heavy atom. The van der Waals surface area contributed by atoms with E-state index in [0.29, 0.717) is 20.1 Å². The van der Waals surface area contributed by atoms with Crippen LogP contribution >= 0.6 is 31.9 Å². The number of ether oxygens (including phenoxy) is 2. The standard InChI is InChI=1S/C34H28Br2O6S/c1-3-29(41-33(37)23-15-7-5-8-16-23)31(25-19-11-13-21-27(25)35)43(39,40)32(26-20-12-14-22-28(26)36)30(4-2)42-34(38)24-17-9-6-10-18-24/h3-22,29-32H,1-2H2. The molecule has 4 aromatic carbocycles. The van der Waals surface area contributed by atoms with Crippen molar-refractivity contribution in [2.75, 3.05) is 0 Å². The molecule has 0 aliphatic carbocycles. The summed E-state index contributed by atoms with van der Waals surface area (Å²) in [5.41, 5.74) is 1.17. The fourth-order valence-corrected chi connectivity index (χ4v) is 8.53. The van der Waals surface area contributed by atoms with Crippen LogP contribution in [0.25, 0.3) is 0 Å². The van der Waals surface area contributed by atoms with Crippen LogP contribution in [0.15, 0.2) is 143 Å². The maximum absolute atomic E-state index is 15.1. The molecule has 0 aliphatic rings. The van der Waals surface area contributed by atoms with Crippen LogP contribution in [0.4, 0.5) is 0 Å². The van der Waals surface area contributed by atoms with Gasteiger partial charge in [-0.15, -0.1) is 0 Å². The first-order valence-corrected chi connectivity index (χ1v) is 16.4. The van der Waals surface area contributed by atoms with Gasteiger partial charge < -0.3 is 9.47 Å². The summed E-state index contributed by atoms with van der Waals surface area (Å²) in [5, 5.41) is -2.91. The highest BCUT2D eigenvalue weighted by atomic mass is 79.9. The van der Waals surface area contributed by atoms with E-state index >= 15 is 8.42 Å². The number of esters is 2. The van der Waals surface area contributed by atoms with Gasteiger partial charge in [0.25, 0.3) is 0 Å². The molecule has 43 heavy (non-hydrogen) atoms. The summed E-state index contributed by atoms with van der Waals surface area (Å²) < 4.78 is 42.7. The number of carbonyl (C=O) groups is 2. The second kappa shape index (κ2) is 14.6. The van der Waals surface area contributed by atoms with Crippen molar-refractivity contribution in [2.45, 2.75) is 22.7 Å². The van der Waals surface area contributed by atoms with Gasteiger partial charge in [0.1, 0.15) is 22.7 Å². The molecular weight excluding hydrogens is 696 g/mol. The minimum Gasteiger partial charge on any atom is -0.453 e. The van der Waals surface area contributed by atoms with Crippen molar-refractivity contribution < 1.29 is 27.5 Å². The van der Waals surface area contributed by atoms with Crippen LogP contribution in [-0.2, 0) is 19.3 Å². The van der Waals surface area contributed by atoms with E-state index < -0.39 is 44.5 Å². The average Bonchev–Trinajstić information content (AvgIpc) is 3.02. The predicted molar refractivity (Wildman–Crippen MR) is 174 cm³/mol. The van der Waals surface area contributed by atoms with Crippen molar-refractivity contribution in [3.8, 4) is 0 Å². The third-order valence-corrected chi connectivity index (χ3v) is 10.6. The van der Waals surface area contributed by atoms with Gasteiger partial charge in [0, 0.05) is 8.95 Å². The third-order valence-electron chi connectivity index (χ3n) is 6.70. The smallest absolute Gasteiger partial charge is 0.338 e. The average molecular weight is 724 g/mol. The largest absolute Gasteiger partial charge is 0.453 e. The molecule has 0 N–H and O–H groups in total. The molecule has 4 rings (SSSR count). The predicted octanol–water partition coefficient (Wildman–Crippen LogP) is 8.23. The Hall–Kier alpha value is -3.79. The highest BCUT2D eigenvalue weighted by Crippen LogP contribution is 2.44. The number of halogens is 2. The van der Waals surface area contributed by atoms with Gasteiger partial charge >= 0.3 is 11.9 Å². The van der Waals surface area contributed by atoms with E-state index in [0.717, 1.165) is 0 Å². The molecule has 4 atom stereocenters. The Kier molecular flexibility index (Phi) is 10.9. The molecule has 0 fully saturated rings. The molecule has 4 aromatic rings. The minimum absolute atomic E-state index is 0.251. The molecule has 0 saturated carbocycles. The summed E-state index contributed by atoms with van der Waals surface area (Å²) in [6.45, 7) is 7.66. The van der Waals surface area contributed by atoms with Gasteiger partial charge in [0.15, 0.2) is 9.84 Å². The molecule has 0 heterocycles. The summed E-state index contributed by atoms with van der Waals surface area (Å²) in [5.74, 6) is -1.43. The molecular formula is C34H28Br2O6S. The zero-order chi connectivity index (χ0) is 31.0. The van der Waals surface area contributed by atoms with E-state index in [-0.39, 0.29) is 11.1 Å². The quantitative estimate of drug-likeness (QED) is 0.108. The summed E-state index contributed by atoms with van der Waals surface area (Å²) >= 11 is 6.98. The topological polar surface area (TPSA) is 86.7 Å². The normalized spacial score (nSPS) is 14.0. The fraction of sp³-hybridized carbons (Fsp3) is 0.118. The van der Waals surface area contributed by atoms with Crippen LogP contribution < -0.4 is 0 Å². The molecule has 4 unspecified atom stereocenters. The minimum atomic E-state index is -4.45. The van der Waals surface area contributed by atoms with E-state index in [1.54, 1.807) is 109 Å². The lowest BCUT2D eigenvalue weighted by Crippen LogP contribution is -2.38. The van der Waals surface area contributed by atoms with Gasteiger partial charge in [0.2, 0.25) is 0 Å². The maximum Gasteiger partial charge on any atom is 0.338 e. The van der Waals surface area contributed by atoms with Crippen molar-refractivity contribution >= 4 is 53.6 Å². The highest BCUT2D eigenvalue weighted by molar-refractivity contribution is 9.10. The molecule has 0 saturated heterocycles. The fourth-order valence-electron chi connectivity index (χ4n) is 4.65. The lowest BCUT2D eigenvalue weighted by molar-refractivity contribution is 0.0377. The number of hydrogen-bond acceptors (Lipinski definition) is 6. The van der Waals surface area contributed by atoms with Crippen molar-refractivity contribution in [1.29, 1.82) is 0 Å². The van der Waals surface area contributed by atoms with Gasteiger partial charge in [-0.3, -0.25) is 0 Å². The molecule has 220 valence electrons. The Morgan fingerprint density at radius 3 is 1.23 bits per heavy atom. The molecule has 0 spiro atoms. The van der Waals surface area contributed by atoms with Gasteiger partial charge in [-0.05, 0) is 59.7 Å². The molecule has 0 aliphatic heterocycles. The SMILES string of the molecule is C=CC(OC(=O)c1ccccc1)C(c1ccccc1Br)S(=O)(=O)C(c1ccccc1Br)C(C=C)OC(=O)c1ccccc1. The van der Waals surface area contributed by atoms with Crippen LogP contribution in [0.1, 0.15) is 42.3 Å². The van der Waals surface area contributed by atoms with Gasteiger partial charge in [0.05, 0.1) is 11.1 Å². The van der Waals surface area contributed by atoms with E-state index in [4.69, 9.17) is 9.47 Å². The zero-order valence-electron chi connectivity index (χ0n) is 22.9. The summed E-state index contributed by atoms with van der Waals surface area (Å²) in [7, 11) is -4.45. The Labute approximate surface area is 268 Å². The monoisotopic (exact) mass is 722 g/mol. The van der Waals surface area contributed by atoms with Crippen LogP contribution in [0.3, 0.4) is 0 Å². The van der Waals surface area contributed by atoms with Gasteiger partial charge in [-0.2, -0.15) is 0 Å². The lowest BCUT2D eigenvalue weighted by Gasteiger charge is -2.33. The van der Waals surface area contributed by atoms with Crippen molar-refractivity contribution in [3.05, 3.63) is 166 Å². The molecule has 0 aromatic heterocycles. The van der Waals surface area contributed by atoms with E-state index in [9.17, 15) is 9.59 Å². The van der Waals surface area contributed by atoms with Crippen molar-refractivity contribution in [3.63, 3.8) is 0 Å². The molecule has 0 bridgehead atoms. The summed E-state index contributed by atoms with van der Waals surface area (Å²) in [4.78, 5) is 26.4. The first-order valence-electron chi connectivity index (χ1n) is 13.2. The second-order valence-electron chi connectivity index (χ2n) is 9.42. The number of sulfone groups is 1. The van der Waals surface area contributed by atoms with Crippen LogP contribution in [-0.4, -0.2) is 32.6 Å². The first-order chi connectivity index (χ1) is 20.7. The number of benzene rings is 4. The number of hydrogen-bond donors (Lipinski definition) is 0. The Balaban J connectivity index is 1.88. The van der Waals surface area contributed by atoms with Crippen LogP contribution in [0.5, 0.6) is 0 Å². The Bertz CT molecular complexity index is 1590. The third kappa shape index (κ3) is 7.41. The van der Waals surface area contributed by atoms with E-state index in [1.165, 1.54) is 12.2 Å². The summed E-state index contributed by atoms with van der Waals surface area (Å²) in [6, 6.07) is 30.1. The first kappa shape index (κ1) is 32.1. The van der Waals surface area contributed by atoms with Crippen LogP contribution in [0, 0.1) is 0 Å². The number of rotatable bonds is 12. The van der Waals surface area contributed by atoms with Gasteiger partial charge in [-0.25, -0.2) is 18.0 Å². The molecule has 0 radical (unpaired) electrons. The van der Waals surface area contributed by atoms with Crippen LogP contribution in [0.2, 0.25) is 0 Å². The molecule has 9 heteroatoms. The highest BCUT2D eigenvalue weighted by Gasteiger charge is 2.47. The number of carbonyl (C=O) groups excluding carboxylic acids is 2. The van der Waals surface area contributed by atoms with Crippen molar-refractivity contribution in [1.82, 2.24) is 0 Å². The summed E-state index contributed by atoms with van der Waals surface area (Å²) in [6.07, 6.45) is -0.0647. The Morgan fingerprint density at radius 1 is 0.581 bits per heavy atom. The maximum atomic E-state index is 15.1. The lowest BCUT2D eigenvalue weighted by atomic mass is 10.1. The van der Waals surface area contributed by atoms with E-state index in [2.05, 4.69) is 45.0 Å². The van der Waals surface area contributed by atoms with Gasteiger partial charge in [-0.1, -0.05) is 118 Å². The van der Waals surface area contributed by atoms with E-state index in [1.807, 2.05) is 0 Å². The zero-order valence-corrected chi connectivity index (χ0v) is 26.9. The second-order valence-corrected chi connectivity index (χ2v) is 13.3. The molecule has 6 nitrogen and oxygen atoms in total.